The molecule has 0 aliphatic carbocycles. The average Bonchev–Trinajstić information content (AvgIpc) is 2.95. The molecule has 5 nitrogen and oxygen atoms in total. The van der Waals surface area contributed by atoms with Gasteiger partial charge >= 0.3 is 0 Å². The molecule has 3 N–H and O–H groups in total. The van der Waals surface area contributed by atoms with Gasteiger partial charge in [-0.2, -0.15) is 5.10 Å². The number of aromatic nitrogens is 3. The first-order chi connectivity index (χ1) is 9.74. The van der Waals surface area contributed by atoms with Gasteiger partial charge in [0, 0.05) is 40.7 Å². The van der Waals surface area contributed by atoms with Crippen molar-refractivity contribution >= 4 is 38.2 Å². The molecule has 3 aromatic rings. The predicted octanol–water partition coefficient (Wildman–Crippen LogP) is 2.89. The van der Waals surface area contributed by atoms with Crippen LogP contribution in [0, 0.1) is 0 Å². The third-order valence-electron chi connectivity index (χ3n) is 3.07. The topological polar surface area (TPSA) is 68.8 Å². The molecule has 0 amide bonds. The number of hydrogen-bond donors (Lipinski definition) is 2. The number of nitrogens with one attached hydrogen (secondary N) is 1. The lowest BCUT2D eigenvalue weighted by molar-refractivity contribution is 0.638. The molecule has 2 heterocycles. The van der Waals surface area contributed by atoms with Crippen LogP contribution in [0.4, 0.5) is 11.4 Å². The number of hydrogen-bond acceptors (Lipinski definition) is 4. The number of nitrogen functional groups attached to an aromatic ring is 1. The van der Waals surface area contributed by atoms with Gasteiger partial charge in [0.1, 0.15) is 0 Å². The van der Waals surface area contributed by atoms with Gasteiger partial charge in [-0.15, -0.1) is 0 Å². The van der Waals surface area contributed by atoms with Crippen molar-refractivity contribution in [3.8, 4) is 0 Å². The van der Waals surface area contributed by atoms with Crippen LogP contribution >= 0.6 is 15.9 Å². The zero-order valence-electron chi connectivity index (χ0n) is 10.8. The Morgan fingerprint density at radius 1 is 1.35 bits per heavy atom. The minimum atomic E-state index is 0.728. The zero-order chi connectivity index (χ0) is 13.9. The minimum Gasteiger partial charge on any atom is -0.398 e. The molecule has 0 atom stereocenters. The molecular formula is C14H14BrN5. The van der Waals surface area contributed by atoms with Crippen molar-refractivity contribution in [3.05, 3.63) is 47.3 Å². The van der Waals surface area contributed by atoms with E-state index in [9.17, 15) is 0 Å². The molecule has 102 valence electrons. The SMILES string of the molecule is Nc1ccc(NCCn2cccn2)c2ncc(Br)cc12. The lowest BCUT2D eigenvalue weighted by Gasteiger charge is -2.11. The maximum atomic E-state index is 6.00. The summed E-state index contributed by atoms with van der Waals surface area (Å²) in [6.07, 6.45) is 5.50. The quantitative estimate of drug-likeness (QED) is 0.721. The number of fused-ring (bicyclic) bond motifs is 1. The molecule has 0 spiro atoms. The number of anilines is 2. The first-order valence-electron chi connectivity index (χ1n) is 6.29. The van der Waals surface area contributed by atoms with Crippen LogP contribution in [0.25, 0.3) is 10.9 Å². The summed E-state index contributed by atoms with van der Waals surface area (Å²) in [7, 11) is 0. The molecule has 0 saturated heterocycles. The van der Waals surface area contributed by atoms with Gasteiger partial charge in [0.2, 0.25) is 0 Å². The standard InChI is InChI=1S/C14H14BrN5/c15-10-8-11-12(16)2-3-13(14(11)18-9-10)17-5-7-20-6-1-4-19-20/h1-4,6,8-9,17H,5,7,16H2. The van der Waals surface area contributed by atoms with Crippen LogP contribution < -0.4 is 11.1 Å². The summed E-state index contributed by atoms with van der Waals surface area (Å²) in [4.78, 5) is 4.45. The van der Waals surface area contributed by atoms with E-state index in [4.69, 9.17) is 5.73 Å². The van der Waals surface area contributed by atoms with Crippen molar-refractivity contribution in [2.45, 2.75) is 6.54 Å². The van der Waals surface area contributed by atoms with Crippen LogP contribution in [0.3, 0.4) is 0 Å². The van der Waals surface area contributed by atoms with Gasteiger partial charge in [0.25, 0.3) is 0 Å². The Morgan fingerprint density at radius 2 is 2.25 bits per heavy atom. The molecule has 0 fully saturated rings. The number of nitrogens with two attached hydrogens (primary N) is 1. The summed E-state index contributed by atoms with van der Waals surface area (Å²) in [6.45, 7) is 1.58. The smallest absolute Gasteiger partial charge is 0.0954 e. The number of benzene rings is 1. The maximum absolute atomic E-state index is 6.00. The Balaban J connectivity index is 1.82. The first kappa shape index (κ1) is 12.9. The third-order valence-corrected chi connectivity index (χ3v) is 3.50. The highest BCUT2D eigenvalue weighted by atomic mass is 79.9. The highest BCUT2D eigenvalue weighted by Crippen LogP contribution is 2.28. The lowest BCUT2D eigenvalue weighted by Crippen LogP contribution is -2.11. The van der Waals surface area contributed by atoms with Crippen molar-refractivity contribution in [2.75, 3.05) is 17.6 Å². The van der Waals surface area contributed by atoms with Crippen molar-refractivity contribution in [1.82, 2.24) is 14.8 Å². The molecule has 6 heteroatoms. The Labute approximate surface area is 124 Å². The van der Waals surface area contributed by atoms with E-state index in [-0.39, 0.29) is 0 Å². The van der Waals surface area contributed by atoms with Crippen molar-refractivity contribution in [2.24, 2.45) is 0 Å². The van der Waals surface area contributed by atoms with Gasteiger partial charge in [0.05, 0.1) is 17.7 Å². The summed E-state index contributed by atoms with van der Waals surface area (Å²) in [6, 6.07) is 7.75. The second-order valence-electron chi connectivity index (χ2n) is 4.45. The molecule has 1 aromatic carbocycles. The second kappa shape index (κ2) is 5.50. The molecule has 0 aliphatic rings. The zero-order valence-corrected chi connectivity index (χ0v) is 12.3. The first-order valence-corrected chi connectivity index (χ1v) is 7.08. The number of pyridine rings is 1. The normalized spacial score (nSPS) is 10.8. The largest absolute Gasteiger partial charge is 0.398 e. The summed E-state index contributed by atoms with van der Waals surface area (Å²) in [5.74, 6) is 0. The van der Waals surface area contributed by atoms with Crippen LogP contribution in [0.2, 0.25) is 0 Å². The van der Waals surface area contributed by atoms with Gasteiger partial charge in [0.15, 0.2) is 0 Å². The van der Waals surface area contributed by atoms with Gasteiger partial charge in [-0.3, -0.25) is 9.67 Å². The van der Waals surface area contributed by atoms with Gasteiger partial charge < -0.3 is 11.1 Å². The van der Waals surface area contributed by atoms with E-state index in [2.05, 4.69) is 31.3 Å². The van der Waals surface area contributed by atoms with Crippen molar-refractivity contribution in [3.63, 3.8) is 0 Å². The third kappa shape index (κ3) is 2.60. The predicted molar refractivity (Wildman–Crippen MR) is 84.6 cm³/mol. The average molecular weight is 332 g/mol. The van der Waals surface area contributed by atoms with Crippen LogP contribution in [0.5, 0.6) is 0 Å². The van der Waals surface area contributed by atoms with Gasteiger partial charge in [-0.25, -0.2) is 0 Å². The summed E-state index contributed by atoms with van der Waals surface area (Å²) >= 11 is 3.42. The van der Waals surface area contributed by atoms with Crippen LogP contribution in [0.15, 0.2) is 47.3 Å². The summed E-state index contributed by atoms with van der Waals surface area (Å²) in [5, 5.41) is 8.50. The maximum Gasteiger partial charge on any atom is 0.0954 e. The molecule has 2 aromatic heterocycles. The van der Waals surface area contributed by atoms with Crippen LogP contribution in [-0.2, 0) is 6.54 Å². The van der Waals surface area contributed by atoms with Crippen molar-refractivity contribution < 1.29 is 0 Å². The molecule has 0 aliphatic heterocycles. The Bertz CT molecular complexity index is 724. The monoisotopic (exact) mass is 331 g/mol. The highest BCUT2D eigenvalue weighted by molar-refractivity contribution is 9.10. The Kier molecular flexibility index (Phi) is 3.56. The second-order valence-corrected chi connectivity index (χ2v) is 5.36. The molecule has 20 heavy (non-hydrogen) atoms. The van der Waals surface area contributed by atoms with Crippen LogP contribution in [0.1, 0.15) is 0 Å². The fourth-order valence-corrected chi connectivity index (χ4v) is 2.43. The fraction of sp³-hybridized carbons (Fsp3) is 0.143. The summed E-state index contributed by atoms with van der Waals surface area (Å²) < 4.78 is 2.81. The molecule has 0 bridgehead atoms. The van der Waals surface area contributed by atoms with E-state index in [0.717, 1.165) is 39.8 Å². The molecular weight excluding hydrogens is 318 g/mol. The molecule has 0 saturated carbocycles. The van der Waals surface area contributed by atoms with E-state index < -0.39 is 0 Å². The molecule has 0 unspecified atom stereocenters. The van der Waals surface area contributed by atoms with Gasteiger partial charge in [-0.05, 0) is 40.2 Å². The molecule has 0 radical (unpaired) electrons. The van der Waals surface area contributed by atoms with E-state index in [1.54, 1.807) is 12.4 Å². The van der Waals surface area contributed by atoms with Crippen LogP contribution in [-0.4, -0.2) is 21.3 Å². The lowest BCUT2D eigenvalue weighted by atomic mass is 10.1. The van der Waals surface area contributed by atoms with E-state index >= 15 is 0 Å². The Morgan fingerprint density at radius 3 is 3.05 bits per heavy atom. The number of halogens is 1. The Hall–Kier alpha value is -2.08. The number of rotatable bonds is 4. The van der Waals surface area contributed by atoms with E-state index in [0.29, 0.717) is 0 Å². The van der Waals surface area contributed by atoms with Crippen molar-refractivity contribution in [1.29, 1.82) is 0 Å². The molecule has 3 rings (SSSR count). The van der Waals surface area contributed by atoms with E-state index in [1.807, 2.05) is 35.1 Å². The summed E-state index contributed by atoms with van der Waals surface area (Å²) in [5.41, 5.74) is 8.59. The highest BCUT2D eigenvalue weighted by Gasteiger charge is 2.06. The fourth-order valence-electron chi connectivity index (χ4n) is 2.10. The minimum absolute atomic E-state index is 0.728. The number of nitrogens with zero attached hydrogens (tertiary/aromatic N) is 3. The van der Waals surface area contributed by atoms with E-state index in [1.165, 1.54) is 0 Å². The van der Waals surface area contributed by atoms with Gasteiger partial charge in [-0.1, -0.05) is 0 Å².